The first kappa shape index (κ1) is 52.6. The predicted molar refractivity (Wildman–Crippen MR) is 269 cm³/mol. The van der Waals surface area contributed by atoms with E-state index in [2.05, 4.69) is 173 Å². The maximum Gasteiger partial charge on any atom is 0.387 e. The molecule has 1 atom stereocenters. The third-order valence-electron chi connectivity index (χ3n) is 8.63. The second-order valence-corrected chi connectivity index (χ2v) is 63.5. The lowest BCUT2D eigenvalue weighted by atomic mass is 10.3. The van der Waals surface area contributed by atoms with Gasteiger partial charge in [0.15, 0.2) is 44.0 Å². The van der Waals surface area contributed by atoms with Gasteiger partial charge < -0.3 is 29.1 Å². The summed E-state index contributed by atoms with van der Waals surface area (Å²) in [5, 5.41) is 2.33. The summed E-state index contributed by atoms with van der Waals surface area (Å²) in [4.78, 5) is 0. The summed E-state index contributed by atoms with van der Waals surface area (Å²) in [5.41, 5.74) is 0. The lowest BCUT2D eigenvalue weighted by Crippen LogP contribution is -2.69. The number of hydrogen-bond donors (Lipinski definition) is 0. The normalized spacial score (nSPS) is 13.8. The molecule has 7 nitrogen and oxygen atoms in total. The van der Waals surface area contributed by atoms with E-state index in [1.54, 1.807) is 0 Å². The highest BCUT2D eigenvalue weighted by molar-refractivity contribution is 7.35. The SMILES string of the molecule is C[SiH](C)O[Si](C)(C)O[SiH](C)C.C[SiH](C)O[Si](C)(C)O[Si](O[SiH](C)C)(c1ccccc1)c1ccccc1.C[SiH](C)[Si](C)(C)O[Si](C)(Oc1ccccc1)[SiH](C)C. The molecule has 0 radical (unpaired) electrons. The first-order chi connectivity index (χ1) is 25.3. The quantitative estimate of drug-likeness (QED) is 0.120. The minimum Gasteiger partial charge on any atom is -0.524 e. The molecule has 0 aliphatic rings. The summed E-state index contributed by atoms with van der Waals surface area (Å²) in [6.07, 6.45) is 0. The molecule has 0 saturated carbocycles. The maximum atomic E-state index is 6.92. The van der Waals surface area contributed by atoms with Crippen LogP contribution in [-0.2, 0) is 24.7 Å². The Balaban J connectivity index is 0.000000446. The van der Waals surface area contributed by atoms with E-state index >= 15 is 0 Å². The van der Waals surface area contributed by atoms with Gasteiger partial charge in [0, 0.05) is 0 Å². The van der Waals surface area contributed by atoms with Crippen molar-refractivity contribution in [1.29, 1.82) is 0 Å². The van der Waals surface area contributed by atoms with Crippen LogP contribution in [0.2, 0.25) is 124 Å². The van der Waals surface area contributed by atoms with Crippen molar-refractivity contribution in [2.24, 2.45) is 0 Å². The molecule has 55 heavy (non-hydrogen) atoms. The van der Waals surface area contributed by atoms with Crippen LogP contribution < -0.4 is 14.8 Å². The first-order valence-corrected chi connectivity index (χ1v) is 52.3. The number of para-hydroxylation sites is 1. The standard InChI is InChI=1S/C18H30O3Si4.C13H28O2Si4.C6H20O2Si3/c1-22(2)19-24(5,6)21-25(20-23(3)4,17-13-9-7-10-14-17)18-15-11-8-12-16-18;1-16(2)18(5,6)15-19(7,17(3)4)14-13-11-9-8-10-12-13;1-9(2)7-11(5,6)8-10(3)4/h7-16,22-23H,1-6H3;8-12,16-17H,1-7H3;9-10H,1-6H3. The number of hydrogen-bond acceptors (Lipinski definition) is 7. The smallest absolute Gasteiger partial charge is 0.387 e. The molecule has 0 aliphatic heterocycles. The average Bonchev–Trinajstić information content (AvgIpc) is 3.03. The third-order valence-corrected chi connectivity index (χ3v) is 56.0. The largest absolute Gasteiger partial charge is 0.524 e. The number of rotatable bonds is 18. The molecule has 3 aromatic carbocycles. The predicted octanol–water partition coefficient (Wildman–Crippen LogP) is 8.14. The molecule has 3 rings (SSSR count). The van der Waals surface area contributed by atoms with Crippen LogP contribution in [0.1, 0.15) is 0 Å². The van der Waals surface area contributed by atoms with E-state index in [1.807, 2.05) is 42.5 Å². The zero-order valence-electron chi connectivity index (χ0n) is 38.0. The van der Waals surface area contributed by atoms with Gasteiger partial charge in [-0.15, -0.1) is 0 Å². The molecule has 0 aromatic heterocycles. The van der Waals surface area contributed by atoms with Gasteiger partial charge in [-0.25, -0.2) is 0 Å². The summed E-state index contributed by atoms with van der Waals surface area (Å²) < 4.78 is 44.8. The molecule has 0 spiro atoms. The van der Waals surface area contributed by atoms with E-state index in [0.717, 1.165) is 16.1 Å². The van der Waals surface area contributed by atoms with Crippen LogP contribution in [0.25, 0.3) is 0 Å². The topological polar surface area (TPSA) is 64.6 Å². The fraction of sp³-hybridized carbons (Fsp3) is 0.514. The van der Waals surface area contributed by atoms with Crippen LogP contribution in [0.15, 0.2) is 91.0 Å². The highest BCUT2D eigenvalue weighted by Gasteiger charge is 2.49. The monoisotopic (exact) mass is 942 g/mol. The summed E-state index contributed by atoms with van der Waals surface area (Å²) in [6, 6.07) is 31.1. The number of benzene rings is 3. The van der Waals surface area contributed by atoms with E-state index in [1.165, 1.54) is 0 Å². The Kier molecular flexibility index (Phi) is 23.0. The molecule has 0 bridgehead atoms. The molecular formula is C37H78O7Si11. The summed E-state index contributed by atoms with van der Waals surface area (Å²) in [5.74, 6) is 0.980. The van der Waals surface area contributed by atoms with E-state index in [9.17, 15) is 0 Å². The van der Waals surface area contributed by atoms with Crippen LogP contribution in [-0.4, -0.2) is 94.4 Å². The maximum absolute atomic E-state index is 6.92. The zero-order valence-corrected chi connectivity index (χ0v) is 49.9. The van der Waals surface area contributed by atoms with Crippen LogP contribution in [0.4, 0.5) is 0 Å². The Morgan fingerprint density at radius 2 is 0.727 bits per heavy atom. The highest BCUT2D eigenvalue weighted by atomic mass is 29.3. The minimum absolute atomic E-state index is 0.735. The Morgan fingerprint density at radius 3 is 1.05 bits per heavy atom. The van der Waals surface area contributed by atoms with Crippen molar-refractivity contribution in [3.8, 4) is 5.75 Å². The second kappa shape index (κ2) is 24.0. The fourth-order valence-corrected chi connectivity index (χ4v) is 49.0. The highest BCUT2D eigenvalue weighted by Crippen LogP contribution is 2.24. The molecular weight excluding hydrogens is 865 g/mol. The van der Waals surface area contributed by atoms with E-state index in [4.69, 9.17) is 29.1 Å². The van der Waals surface area contributed by atoms with Crippen molar-refractivity contribution in [3.05, 3.63) is 91.0 Å². The van der Waals surface area contributed by atoms with Crippen LogP contribution >= 0.6 is 0 Å². The van der Waals surface area contributed by atoms with Gasteiger partial charge in [-0.05, 0) is 121 Å². The zero-order chi connectivity index (χ0) is 42.3. The molecule has 0 aliphatic carbocycles. The van der Waals surface area contributed by atoms with Crippen LogP contribution in [0, 0.1) is 0 Å². The van der Waals surface area contributed by atoms with Crippen molar-refractivity contribution in [3.63, 3.8) is 0 Å². The fourth-order valence-electron chi connectivity index (χ4n) is 5.81. The van der Waals surface area contributed by atoms with Crippen molar-refractivity contribution >= 4 is 105 Å². The second-order valence-electron chi connectivity index (χ2n) is 17.4. The van der Waals surface area contributed by atoms with Gasteiger partial charge in [-0.1, -0.05) is 105 Å². The average molecular weight is 944 g/mol. The molecule has 0 saturated heterocycles. The van der Waals surface area contributed by atoms with Gasteiger partial charge in [0.2, 0.25) is 0 Å². The Hall–Kier alpha value is -0.394. The lowest BCUT2D eigenvalue weighted by molar-refractivity contribution is 0.352. The van der Waals surface area contributed by atoms with E-state index < -0.39 is 94.4 Å². The van der Waals surface area contributed by atoms with Gasteiger partial charge in [0.05, 0.1) is 8.31 Å². The summed E-state index contributed by atoms with van der Waals surface area (Å²) in [7, 11) is -16.4. The van der Waals surface area contributed by atoms with Crippen molar-refractivity contribution < 1.29 is 29.1 Å². The molecule has 312 valence electrons. The van der Waals surface area contributed by atoms with Crippen LogP contribution in [0.5, 0.6) is 5.75 Å². The van der Waals surface area contributed by atoms with Gasteiger partial charge in [-0.3, -0.25) is 0 Å². The molecule has 0 N–H and O–H groups in total. The molecule has 0 fully saturated rings. The Bertz CT molecular complexity index is 1420. The molecule has 0 amide bonds. The van der Waals surface area contributed by atoms with Crippen molar-refractivity contribution in [1.82, 2.24) is 0 Å². The van der Waals surface area contributed by atoms with Crippen molar-refractivity contribution in [2.75, 3.05) is 0 Å². The Labute approximate surface area is 352 Å². The van der Waals surface area contributed by atoms with Gasteiger partial charge >= 0.3 is 33.8 Å². The van der Waals surface area contributed by atoms with Crippen LogP contribution in [0.3, 0.4) is 0 Å². The third kappa shape index (κ3) is 19.9. The van der Waals surface area contributed by atoms with E-state index in [0.29, 0.717) is 0 Å². The van der Waals surface area contributed by atoms with Gasteiger partial charge in [-0.2, -0.15) is 0 Å². The molecule has 18 heteroatoms. The molecule has 0 heterocycles. The molecule has 1 unspecified atom stereocenters. The Morgan fingerprint density at radius 1 is 0.382 bits per heavy atom. The summed E-state index contributed by atoms with van der Waals surface area (Å²) in [6.45, 7) is 42.8. The summed E-state index contributed by atoms with van der Waals surface area (Å²) >= 11 is 0. The van der Waals surface area contributed by atoms with E-state index in [-0.39, 0.29) is 0 Å². The van der Waals surface area contributed by atoms with Gasteiger partial charge in [0.1, 0.15) is 14.1 Å². The molecule has 3 aromatic rings. The lowest BCUT2D eigenvalue weighted by Gasteiger charge is -2.40. The minimum atomic E-state index is -2.79. The first-order valence-electron chi connectivity index (χ1n) is 20.2. The van der Waals surface area contributed by atoms with Crippen molar-refractivity contribution in [2.45, 2.75) is 124 Å². The van der Waals surface area contributed by atoms with Gasteiger partial charge in [0.25, 0.3) is 0 Å².